The van der Waals surface area contributed by atoms with Crippen LogP contribution in [-0.4, -0.2) is 13.4 Å². The van der Waals surface area contributed by atoms with E-state index >= 15 is 0 Å². The average molecular weight is 322 g/mol. The number of rotatable bonds is 2. The summed E-state index contributed by atoms with van der Waals surface area (Å²) in [5.74, 6) is 0. The maximum absolute atomic E-state index is 12.8. The molecule has 0 aliphatic carbocycles. The van der Waals surface area contributed by atoms with Crippen LogP contribution in [0.1, 0.15) is 5.56 Å². The predicted octanol–water partition coefficient (Wildman–Crippen LogP) is 3.69. The molecule has 0 saturated heterocycles. The van der Waals surface area contributed by atoms with Crippen LogP contribution in [0, 0.1) is 0 Å². The van der Waals surface area contributed by atoms with Crippen molar-refractivity contribution in [2.24, 2.45) is 0 Å². The van der Waals surface area contributed by atoms with Gasteiger partial charge in [0.15, 0.2) is 0 Å². The molecule has 0 unspecified atom stereocenters. The van der Waals surface area contributed by atoms with Crippen molar-refractivity contribution in [3.63, 3.8) is 0 Å². The van der Waals surface area contributed by atoms with Crippen LogP contribution in [0.25, 0.3) is 11.1 Å². The highest BCUT2D eigenvalue weighted by atomic mass is 35.7. The summed E-state index contributed by atoms with van der Waals surface area (Å²) in [4.78, 5) is 3.15. The molecule has 20 heavy (non-hydrogen) atoms. The molecule has 0 radical (unpaired) electrons. The Balaban J connectivity index is 2.70. The van der Waals surface area contributed by atoms with Gasteiger partial charge in [-0.3, -0.25) is 4.98 Å². The van der Waals surface area contributed by atoms with E-state index in [-0.39, 0.29) is 5.56 Å². The molecule has 8 heteroatoms. The van der Waals surface area contributed by atoms with Crippen molar-refractivity contribution in [1.29, 1.82) is 0 Å². The highest BCUT2D eigenvalue weighted by molar-refractivity contribution is 8.13. The Morgan fingerprint density at radius 2 is 1.60 bits per heavy atom. The van der Waals surface area contributed by atoms with Crippen LogP contribution < -0.4 is 0 Å². The fourth-order valence-corrected chi connectivity index (χ4v) is 2.42. The van der Waals surface area contributed by atoms with E-state index < -0.39 is 25.7 Å². The molecule has 2 rings (SSSR count). The van der Waals surface area contributed by atoms with E-state index in [2.05, 4.69) is 4.98 Å². The number of aromatic nitrogens is 1. The molecule has 2 aromatic rings. The molecular formula is C12H7ClF3NO2S. The second-order valence-electron chi connectivity index (χ2n) is 3.92. The van der Waals surface area contributed by atoms with Gasteiger partial charge in [0.1, 0.15) is 0 Å². The van der Waals surface area contributed by atoms with E-state index in [0.29, 0.717) is 11.6 Å². The van der Waals surface area contributed by atoms with Crippen molar-refractivity contribution in [3.8, 4) is 11.1 Å². The van der Waals surface area contributed by atoms with E-state index in [0.717, 1.165) is 12.1 Å². The van der Waals surface area contributed by atoms with Crippen molar-refractivity contribution < 1.29 is 21.6 Å². The second-order valence-corrected chi connectivity index (χ2v) is 6.48. The zero-order chi connectivity index (χ0) is 15.0. The summed E-state index contributed by atoms with van der Waals surface area (Å²) in [5.41, 5.74) is -0.569. The highest BCUT2D eigenvalue weighted by Gasteiger charge is 2.32. The van der Waals surface area contributed by atoms with Crippen LogP contribution in [-0.2, 0) is 15.2 Å². The van der Waals surface area contributed by atoms with Gasteiger partial charge < -0.3 is 0 Å². The maximum Gasteiger partial charge on any atom is 0.416 e. The minimum Gasteiger partial charge on any atom is -0.265 e. The summed E-state index contributed by atoms with van der Waals surface area (Å²) in [6.45, 7) is 0. The molecule has 0 saturated carbocycles. The third-order valence-electron chi connectivity index (χ3n) is 2.53. The van der Waals surface area contributed by atoms with Gasteiger partial charge >= 0.3 is 6.18 Å². The van der Waals surface area contributed by atoms with Crippen molar-refractivity contribution in [3.05, 3.63) is 48.3 Å². The van der Waals surface area contributed by atoms with E-state index in [9.17, 15) is 21.6 Å². The fraction of sp³-hybridized carbons (Fsp3) is 0.0833. The first-order valence-corrected chi connectivity index (χ1v) is 7.56. The van der Waals surface area contributed by atoms with Gasteiger partial charge in [-0.1, -0.05) is 0 Å². The Bertz CT molecular complexity index is 730. The standard InChI is InChI=1S/C12H7ClF3NO2S/c13-20(18,19)11-6-9(8-1-3-17-4-2-8)5-10(7-11)12(14,15)16/h1-7H. The van der Waals surface area contributed by atoms with Crippen molar-refractivity contribution in [2.75, 3.05) is 0 Å². The maximum atomic E-state index is 12.8. The van der Waals surface area contributed by atoms with Gasteiger partial charge in [0.05, 0.1) is 10.5 Å². The van der Waals surface area contributed by atoms with E-state index in [1.165, 1.54) is 24.5 Å². The lowest BCUT2D eigenvalue weighted by atomic mass is 10.0. The first kappa shape index (κ1) is 14.8. The lowest BCUT2D eigenvalue weighted by molar-refractivity contribution is -0.137. The molecule has 0 aliphatic heterocycles. The van der Waals surface area contributed by atoms with Gasteiger partial charge in [-0.05, 0) is 41.5 Å². The first-order valence-electron chi connectivity index (χ1n) is 5.25. The Labute approximate surface area is 117 Å². The van der Waals surface area contributed by atoms with Gasteiger partial charge in [0, 0.05) is 23.1 Å². The number of hydrogen-bond donors (Lipinski definition) is 0. The number of nitrogens with zero attached hydrogens (tertiary/aromatic N) is 1. The normalized spacial score (nSPS) is 12.4. The Morgan fingerprint density at radius 3 is 2.10 bits per heavy atom. The van der Waals surface area contributed by atoms with E-state index in [4.69, 9.17) is 10.7 Å². The van der Waals surface area contributed by atoms with Crippen LogP contribution >= 0.6 is 10.7 Å². The molecule has 1 heterocycles. The Kier molecular flexibility index (Phi) is 3.75. The molecule has 106 valence electrons. The summed E-state index contributed by atoms with van der Waals surface area (Å²) in [6, 6.07) is 5.40. The summed E-state index contributed by atoms with van der Waals surface area (Å²) >= 11 is 0. The third-order valence-corrected chi connectivity index (χ3v) is 3.86. The largest absolute Gasteiger partial charge is 0.416 e. The van der Waals surface area contributed by atoms with Crippen LogP contribution in [0.4, 0.5) is 13.2 Å². The van der Waals surface area contributed by atoms with E-state index in [1.54, 1.807) is 0 Å². The number of hydrogen-bond acceptors (Lipinski definition) is 3. The van der Waals surface area contributed by atoms with Crippen molar-refractivity contribution in [2.45, 2.75) is 11.1 Å². The minimum atomic E-state index is -4.67. The first-order chi connectivity index (χ1) is 9.18. The van der Waals surface area contributed by atoms with Crippen LogP contribution in [0.3, 0.4) is 0 Å². The molecule has 0 amide bonds. The minimum absolute atomic E-state index is 0.0986. The Hall–Kier alpha value is -1.60. The number of alkyl halides is 3. The molecule has 3 nitrogen and oxygen atoms in total. The third kappa shape index (κ3) is 3.29. The summed E-state index contributed by atoms with van der Waals surface area (Å²) < 4.78 is 61.0. The fourth-order valence-electron chi connectivity index (χ4n) is 1.61. The molecule has 0 spiro atoms. The molecule has 0 bridgehead atoms. The molecule has 1 aromatic heterocycles. The monoisotopic (exact) mass is 321 g/mol. The predicted molar refractivity (Wildman–Crippen MR) is 67.7 cm³/mol. The number of halogens is 4. The van der Waals surface area contributed by atoms with Crippen molar-refractivity contribution >= 4 is 19.7 Å². The summed E-state index contributed by atoms with van der Waals surface area (Å²) in [6.07, 6.45) is -1.88. The smallest absolute Gasteiger partial charge is 0.265 e. The molecule has 0 fully saturated rings. The van der Waals surface area contributed by atoms with Crippen molar-refractivity contribution in [1.82, 2.24) is 4.98 Å². The molecule has 0 atom stereocenters. The van der Waals surface area contributed by atoms with Crippen LogP contribution in [0.2, 0.25) is 0 Å². The zero-order valence-corrected chi connectivity index (χ0v) is 11.3. The molecule has 1 aromatic carbocycles. The zero-order valence-electron chi connectivity index (χ0n) is 9.73. The summed E-state index contributed by atoms with van der Waals surface area (Å²) in [5, 5.41) is 0. The molecule has 0 N–H and O–H groups in total. The summed E-state index contributed by atoms with van der Waals surface area (Å²) in [7, 11) is 0.873. The quantitative estimate of drug-likeness (QED) is 0.792. The lowest BCUT2D eigenvalue weighted by Gasteiger charge is -2.11. The SMILES string of the molecule is O=S(=O)(Cl)c1cc(-c2ccncc2)cc(C(F)(F)F)c1. The van der Waals surface area contributed by atoms with Gasteiger partial charge in [-0.25, -0.2) is 8.42 Å². The second kappa shape index (κ2) is 5.06. The van der Waals surface area contributed by atoms with Crippen LogP contribution in [0.5, 0.6) is 0 Å². The topological polar surface area (TPSA) is 47.0 Å². The van der Waals surface area contributed by atoms with Crippen LogP contribution in [0.15, 0.2) is 47.6 Å². The lowest BCUT2D eigenvalue weighted by Crippen LogP contribution is -2.06. The average Bonchev–Trinajstić information content (AvgIpc) is 2.37. The van der Waals surface area contributed by atoms with Gasteiger partial charge in [-0.15, -0.1) is 0 Å². The van der Waals surface area contributed by atoms with Gasteiger partial charge in [0.2, 0.25) is 0 Å². The van der Waals surface area contributed by atoms with Gasteiger partial charge in [-0.2, -0.15) is 13.2 Å². The molecule has 0 aliphatic rings. The number of pyridine rings is 1. The molecular weight excluding hydrogens is 315 g/mol. The van der Waals surface area contributed by atoms with E-state index in [1.807, 2.05) is 0 Å². The highest BCUT2D eigenvalue weighted by Crippen LogP contribution is 2.35. The number of benzene rings is 1. The Morgan fingerprint density at radius 1 is 1.00 bits per heavy atom. The van der Waals surface area contributed by atoms with Gasteiger partial charge in [0.25, 0.3) is 9.05 Å².